The van der Waals surface area contributed by atoms with Gasteiger partial charge in [0.1, 0.15) is 11.5 Å². The number of benzene rings is 2. The molecule has 0 saturated heterocycles. The molecule has 0 radical (unpaired) electrons. The first-order valence-corrected chi connectivity index (χ1v) is 9.09. The monoisotopic (exact) mass is 373 g/mol. The maximum absolute atomic E-state index is 14.2. The Morgan fingerprint density at radius 2 is 1.86 bits per heavy atom. The summed E-state index contributed by atoms with van der Waals surface area (Å²) in [7, 11) is 1.76. The molecule has 0 spiro atoms. The fourth-order valence-corrected chi connectivity index (χ4v) is 3.39. The lowest BCUT2D eigenvalue weighted by atomic mass is 10.2. The number of amides is 1. The zero-order chi connectivity index (χ0) is 19.5. The first-order chi connectivity index (χ1) is 13.6. The summed E-state index contributed by atoms with van der Waals surface area (Å²) in [5.74, 6) is -0.390. The van der Waals surface area contributed by atoms with Crippen molar-refractivity contribution in [3.05, 3.63) is 102 Å². The van der Waals surface area contributed by atoms with Crippen LogP contribution in [0.25, 0.3) is 10.9 Å². The van der Waals surface area contributed by atoms with Crippen LogP contribution >= 0.6 is 0 Å². The summed E-state index contributed by atoms with van der Waals surface area (Å²) < 4.78 is 16.1. The predicted octanol–water partition coefficient (Wildman–Crippen LogP) is 4.50. The second-order valence-electron chi connectivity index (χ2n) is 6.79. The van der Waals surface area contributed by atoms with Crippen LogP contribution in [0, 0.1) is 5.82 Å². The van der Waals surface area contributed by atoms with Gasteiger partial charge in [-0.05, 0) is 29.8 Å². The molecule has 4 rings (SSSR count). The molecule has 0 atom stereocenters. The van der Waals surface area contributed by atoms with E-state index in [0.717, 1.165) is 16.5 Å². The number of para-hydroxylation sites is 1. The lowest BCUT2D eigenvalue weighted by Gasteiger charge is -2.19. The van der Waals surface area contributed by atoms with Gasteiger partial charge >= 0.3 is 0 Å². The average Bonchev–Trinajstić information content (AvgIpc) is 3.08. The van der Waals surface area contributed by atoms with Gasteiger partial charge in [0.2, 0.25) is 0 Å². The highest BCUT2D eigenvalue weighted by Gasteiger charge is 2.20. The molecule has 5 heteroatoms. The van der Waals surface area contributed by atoms with Crippen molar-refractivity contribution >= 4 is 16.8 Å². The minimum atomic E-state index is -0.276. The number of hydrogen-bond donors (Lipinski definition) is 0. The van der Waals surface area contributed by atoms with E-state index in [4.69, 9.17) is 0 Å². The van der Waals surface area contributed by atoms with Gasteiger partial charge in [0, 0.05) is 42.5 Å². The van der Waals surface area contributed by atoms with Crippen LogP contribution in [0.4, 0.5) is 4.39 Å². The molecule has 2 aromatic carbocycles. The van der Waals surface area contributed by atoms with Crippen molar-refractivity contribution in [2.75, 3.05) is 7.05 Å². The largest absolute Gasteiger partial charge is 0.336 e. The number of pyridine rings is 1. The number of aromatic nitrogens is 2. The summed E-state index contributed by atoms with van der Waals surface area (Å²) in [5, 5.41) is 0.956. The number of rotatable bonds is 5. The topological polar surface area (TPSA) is 38.1 Å². The van der Waals surface area contributed by atoms with Gasteiger partial charge in [-0.15, -0.1) is 0 Å². The van der Waals surface area contributed by atoms with Crippen LogP contribution in [-0.4, -0.2) is 27.4 Å². The highest BCUT2D eigenvalue weighted by molar-refractivity contribution is 5.98. The van der Waals surface area contributed by atoms with Crippen LogP contribution in [-0.2, 0) is 13.1 Å². The van der Waals surface area contributed by atoms with Crippen LogP contribution in [0.1, 0.15) is 21.6 Å². The van der Waals surface area contributed by atoms with Crippen molar-refractivity contribution in [2.45, 2.75) is 13.1 Å². The Labute approximate surface area is 162 Å². The molecule has 4 nitrogen and oxygen atoms in total. The molecule has 0 bridgehead atoms. The summed E-state index contributed by atoms with van der Waals surface area (Å²) in [6.45, 7) is 0.746. The smallest absolute Gasteiger partial charge is 0.270 e. The zero-order valence-corrected chi connectivity index (χ0v) is 15.5. The van der Waals surface area contributed by atoms with E-state index in [1.807, 2.05) is 47.0 Å². The van der Waals surface area contributed by atoms with Crippen LogP contribution in [0.15, 0.2) is 79.1 Å². The molecule has 4 aromatic rings. The Hall–Kier alpha value is -3.47. The van der Waals surface area contributed by atoms with E-state index in [1.165, 1.54) is 6.07 Å². The van der Waals surface area contributed by atoms with E-state index >= 15 is 0 Å². The molecule has 0 aliphatic heterocycles. The van der Waals surface area contributed by atoms with Gasteiger partial charge in [-0.2, -0.15) is 0 Å². The lowest BCUT2D eigenvalue weighted by molar-refractivity contribution is 0.0775. The van der Waals surface area contributed by atoms with Crippen molar-refractivity contribution in [1.82, 2.24) is 14.5 Å². The van der Waals surface area contributed by atoms with Gasteiger partial charge in [-0.1, -0.05) is 42.5 Å². The van der Waals surface area contributed by atoms with Gasteiger partial charge in [-0.25, -0.2) is 4.39 Å². The summed E-state index contributed by atoms with van der Waals surface area (Å²) >= 11 is 0. The highest BCUT2D eigenvalue weighted by Crippen LogP contribution is 2.23. The molecular weight excluding hydrogens is 353 g/mol. The van der Waals surface area contributed by atoms with Crippen molar-refractivity contribution < 1.29 is 9.18 Å². The van der Waals surface area contributed by atoms with Gasteiger partial charge < -0.3 is 9.47 Å². The van der Waals surface area contributed by atoms with Gasteiger partial charge in [-0.3, -0.25) is 9.78 Å². The third-order valence-electron chi connectivity index (χ3n) is 4.81. The Morgan fingerprint density at radius 3 is 2.64 bits per heavy atom. The minimum absolute atomic E-state index is 0.114. The molecule has 0 N–H and O–H groups in total. The van der Waals surface area contributed by atoms with E-state index < -0.39 is 0 Å². The van der Waals surface area contributed by atoms with Crippen LogP contribution in [0.2, 0.25) is 0 Å². The van der Waals surface area contributed by atoms with E-state index in [-0.39, 0.29) is 11.7 Å². The number of carbonyl (C=O) groups excluding carboxylic acids is 1. The maximum atomic E-state index is 14.2. The normalized spacial score (nSPS) is 10.9. The summed E-state index contributed by atoms with van der Waals surface area (Å²) in [6, 6.07) is 20.1. The quantitative estimate of drug-likeness (QED) is 0.517. The van der Waals surface area contributed by atoms with Gasteiger partial charge in [0.05, 0.1) is 6.54 Å². The number of nitrogens with zero attached hydrogens (tertiary/aromatic N) is 3. The van der Waals surface area contributed by atoms with Gasteiger partial charge in [0.25, 0.3) is 5.91 Å². The molecule has 2 aromatic heterocycles. The van der Waals surface area contributed by atoms with Crippen molar-refractivity contribution in [3.8, 4) is 0 Å². The average molecular weight is 373 g/mol. The summed E-state index contributed by atoms with van der Waals surface area (Å²) in [4.78, 5) is 19.0. The van der Waals surface area contributed by atoms with Crippen LogP contribution in [0.5, 0.6) is 0 Å². The third-order valence-corrected chi connectivity index (χ3v) is 4.81. The molecule has 0 saturated carbocycles. The number of fused-ring (bicyclic) bond motifs is 1. The van der Waals surface area contributed by atoms with E-state index in [9.17, 15) is 9.18 Å². The van der Waals surface area contributed by atoms with Crippen molar-refractivity contribution in [1.29, 1.82) is 0 Å². The Kier molecular flexibility index (Phi) is 4.89. The van der Waals surface area contributed by atoms with Crippen LogP contribution < -0.4 is 0 Å². The van der Waals surface area contributed by atoms with Crippen LogP contribution in [0.3, 0.4) is 0 Å². The minimum Gasteiger partial charge on any atom is -0.336 e. The van der Waals surface area contributed by atoms with Gasteiger partial charge in [0.15, 0.2) is 0 Å². The number of carbonyl (C=O) groups is 1. The molecule has 28 heavy (non-hydrogen) atoms. The van der Waals surface area contributed by atoms with E-state index in [1.54, 1.807) is 42.5 Å². The molecule has 0 fully saturated rings. The standard InChI is InChI=1S/C23H20FN3O/c1-26(15-17-7-6-12-25-14-17)23(28)22-13-18-8-3-5-11-21(18)27(22)16-19-9-2-4-10-20(19)24/h2-14H,15-16H2,1H3. The molecule has 0 aliphatic rings. The molecule has 0 aliphatic carbocycles. The zero-order valence-electron chi connectivity index (χ0n) is 15.5. The second kappa shape index (κ2) is 7.64. The SMILES string of the molecule is CN(Cc1cccnc1)C(=O)c1cc2ccccc2n1Cc1ccccc1F. The second-order valence-corrected chi connectivity index (χ2v) is 6.79. The maximum Gasteiger partial charge on any atom is 0.270 e. The van der Waals surface area contributed by atoms with Crippen molar-refractivity contribution in [3.63, 3.8) is 0 Å². The predicted molar refractivity (Wildman–Crippen MR) is 107 cm³/mol. The van der Waals surface area contributed by atoms with Crippen molar-refractivity contribution in [2.24, 2.45) is 0 Å². The Morgan fingerprint density at radius 1 is 1.07 bits per heavy atom. The fourth-order valence-electron chi connectivity index (χ4n) is 3.39. The summed E-state index contributed by atoms with van der Waals surface area (Å²) in [5.41, 5.74) is 2.95. The van der Waals surface area contributed by atoms with E-state index in [2.05, 4.69) is 4.98 Å². The first-order valence-electron chi connectivity index (χ1n) is 9.09. The first kappa shape index (κ1) is 17.9. The fraction of sp³-hybridized carbons (Fsp3) is 0.130. The summed E-state index contributed by atoms with van der Waals surface area (Å²) in [6.07, 6.45) is 3.45. The third kappa shape index (κ3) is 3.51. The molecule has 1 amide bonds. The Balaban J connectivity index is 1.72. The molecule has 2 heterocycles. The number of hydrogen-bond acceptors (Lipinski definition) is 2. The lowest BCUT2D eigenvalue weighted by Crippen LogP contribution is -2.28. The molecule has 140 valence electrons. The van der Waals surface area contributed by atoms with E-state index in [0.29, 0.717) is 24.3 Å². The molecule has 0 unspecified atom stereocenters. The molecular formula is C23H20FN3O. The number of halogens is 1. The Bertz CT molecular complexity index is 1120. The highest BCUT2D eigenvalue weighted by atomic mass is 19.1.